The van der Waals surface area contributed by atoms with Crippen molar-refractivity contribution in [2.45, 2.75) is 13.5 Å². The van der Waals surface area contributed by atoms with E-state index < -0.39 is 0 Å². The molecule has 1 N–H and O–H groups in total. The Morgan fingerprint density at radius 3 is 2.87 bits per heavy atom. The number of rotatable bonds is 1. The molecule has 2 aromatic carbocycles. The molecule has 0 aliphatic carbocycles. The van der Waals surface area contributed by atoms with Gasteiger partial charge in [-0.05, 0) is 49.0 Å². The van der Waals surface area contributed by atoms with Gasteiger partial charge in [0.2, 0.25) is 5.95 Å². The first kappa shape index (κ1) is 14.1. The molecule has 0 spiro atoms. The van der Waals surface area contributed by atoms with Crippen LogP contribution in [0.3, 0.4) is 0 Å². The van der Waals surface area contributed by atoms with E-state index in [-0.39, 0.29) is 5.82 Å². The Kier molecular flexibility index (Phi) is 3.27. The minimum atomic E-state index is -0.244. The quantitative estimate of drug-likeness (QED) is 0.691. The molecule has 0 atom stereocenters. The molecule has 0 unspecified atom stereocenters. The maximum atomic E-state index is 13.7. The van der Waals surface area contributed by atoms with E-state index in [4.69, 9.17) is 12.2 Å². The van der Waals surface area contributed by atoms with Crippen LogP contribution in [0.25, 0.3) is 11.0 Å². The molecule has 116 valence electrons. The summed E-state index contributed by atoms with van der Waals surface area (Å²) in [6.07, 6.45) is 0. The Hall–Kier alpha value is -2.47. The summed E-state index contributed by atoms with van der Waals surface area (Å²) in [6, 6.07) is 13.0. The van der Waals surface area contributed by atoms with Crippen molar-refractivity contribution in [2.75, 3.05) is 16.8 Å². The zero-order chi connectivity index (χ0) is 16.0. The van der Waals surface area contributed by atoms with Crippen LogP contribution in [0.5, 0.6) is 0 Å². The molecule has 0 saturated carbocycles. The van der Waals surface area contributed by atoms with Crippen LogP contribution in [0.4, 0.5) is 16.0 Å². The Balaban J connectivity index is 1.62. The van der Waals surface area contributed by atoms with Gasteiger partial charge in [-0.1, -0.05) is 18.2 Å². The molecule has 0 saturated heterocycles. The smallest absolute Gasteiger partial charge is 0.213 e. The van der Waals surface area contributed by atoms with Crippen molar-refractivity contribution in [2.24, 2.45) is 0 Å². The van der Waals surface area contributed by atoms with Crippen LogP contribution >= 0.6 is 12.2 Å². The van der Waals surface area contributed by atoms with Crippen molar-refractivity contribution in [3.05, 3.63) is 53.8 Å². The van der Waals surface area contributed by atoms with Crippen LogP contribution < -0.4 is 10.2 Å². The molecule has 1 aliphatic heterocycles. The number of hydrogen-bond acceptors (Lipinski definition) is 2. The van der Waals surface area contributed by atoms with Gasteiger partial charge in [-0.2, -0.15) is 0 Å². The summed E-state index contributed by atoms with van der Waals surface area (Å²) < 4.78 is 15.8. The van der Waals surface area contributed by atoms with Crippen molar-refractivity contribution >= 4 is 40.0 Å². The molecule has 0 fully saturated rings. The number of nitrogens with zero attached hydrogens (tertiary/aromatic N) is 3. The van der Waals surface area contributed by atoms with Crippen molar-refractivity contribution in [3.63, 3.8) is 0 Å². The third-order valence-corrected chi connectivity index (χ3v) is 4.41. The predicted molar refractivity (Wildman–Crippen MR) is 94.4 cm³/mol. The topological polar surface area (TPSA) is 33.1 Å². The number of nitrogens with one attached hydrogen (secondary N) is 1. The number of thiocarbonyl (C=S) groups is 1. The first-order valence-electron chi connectivity index (χ1n) is 7.43. The number of anilines is 2. The molecule has 0 bridgehead atoms. The highest BCUT2D eigenvalue weighted by Crippen LogP contribution is 2.27. The second-order valence-corrected chi connectivity index (χ2v) is 5.98. The van der Waals surface area contributed by atoms with E-state index in [0.717, 1.165) is 30.1 Å². The fourth-order valence-corrected chi connectivity index (χ4v) is 3.13. The van der Waals surface area contributed by atoms with Gasteiger partial charge in [0.25, 0.3) is 0 Å². The number of aromatic nitrogens is 2. The fourth-order valence-electron chi connectivity index (χ4n) is 2.84. The lowest BCUT2D eigenvalue weighted by Crippen LogP contribution is -2.33. The number of para-hydroxylation sites is 2. The third kappa shape index (κ3) is 2.35. The van der Waals surface area contributed by atoms with Gasteiger partial charge in [0.15, 0.2) is 5.11 Å². The van der Waals surface area contributed by atoms with Crippen LogP contribution in [0.15, 0.2) is 42.5 Å². The summed E-state index contributed by atoms with van der Waals surface area (Å²) in [6.45, 7) is 3.33. The van der Waals surface area contributed by atoms with E-state index >= 15 is 0 Å². The van der Waals surface area contributed by atoms with Crippen molar-refractivity contribution in [1.29, 1.82) is 0 Å². The molecule has 4 nitrogen and oxygen atoms in total. The van der Waals surface area contributed by atoms with E-state index in [9.17, 15) is 4.39 Å². The summed E-state index contributed by atoms with van der Waals surface area (Å²) in [5.74, 6) is 0.586. The number of hydrogen-bond donors (Lipinski definition) is 1. The third-order valence-electron chi connectivity index (χ3n) is 4.09. The zero-order valence-corrected chi connectivity index (χ0v) is 13.4. The molecule has 6 heteroatoms. The summed E-state index contributed by atoms with van der Waals surface area (Å²) in [4.78, 5) is 6.61. The molecule has 1 aliphatic rings. The number of halogens is 1. The molecule has 2 heterocycles. The van der Waals surface area contributed by atoms with Crippen molar-refractivity contribution in [1.82, 2.24) is 9.55 Å². The van der Waals surface area contributed by atoms with Gasteiger partial charge in [0.1, 0.15) is 5.82 Å². The molecule has 3 aromatic rings. The van der Waals surface area contributed by atoms with Crippen molar-refractivity contribution < 1.29 is 4.39 Å². The molecule has 1 aromatic heterocycles. The Bertz CT molecular complexity index is 918. The average Bonchev–Trinajstić information content (AvgIpc) is 3.09. The highest BCUT2D eigenvalue weighted by Gasteiger charge is 2.26. The van der Waals surface area contributed by atoms with Crippen molar-refractivity contribution in [3.8, 4) is 0 Å². The van der Waals surface area contributed by atoms with Crippen LogP contribution in [-0.2, 0) is 6.54 Å². The standard InChI is InChI=1S/C17H15FN4S/c1-11-6-7-12(10-13(11)18)19-17(23)22-9-8-21-15-5-3-2-4-14(15)20-16(21)22/h2-7,10H,8-9H2,1H3,(H,19,23). The van der Waals surface area contributed by atoms with Gasteiger partial charge in [-0.3, -0.25) is 4.90 Å². The maximum absolute atomic E-state index is 13.7. The molecule has 4 rings (SSSR count). The largest absolute Gasteiger partial charge is 0.332 e. The number of benzene rings is 2. The van der Waals surface area contributed by atoms with E-state index in [0.29, 0.717) is 16.4 Å². The second-order valence-electron chi connectivity index (χ2n) is 5.60. The maximum Gasteiger partial charge on any atom is 0.213 e. The van der Waals surface area contributed by atoms with Crippen LogP contribution in [0, 0.1) is 12.7 Å². The normalized spacial score (nSPS) is 13.4. The van der Waals surface area contributed by atoms with Gasteiger partial charge < -0.3 is 9.88 Å². The Morgan fingerprint density at radius 2 is 2.04 bits per heavy atom. The summed E-state index contributed by atoms with van der Waals surface area (Å²) in [5, 5.41) is 3.63. The van der Waals surface area contributed by atoms with Crippen LogP contribution in [0.1, 0.15) is 5.56 Å². The number of imidazole rings is 1. The van der Waals surface area contributed by atoms with Gasteiger partial charge >= 0.3 is 0 Å². The highest BCUT2D eigenvalue weighted by molar-refractivity contribution is 7.80. The van der Waals surface area contributed by atoms with Gasteiger partial charge in [-0.15, -0.1) is 0 Å². The molecule has 0 radical (unpaired) electrons. The minimum absolute atomic E-state index is 0.244. The second kappa shape index (κ2) is 5.31. The number of aryl methyl sites for hydroxylation is 1. The minimum Gasteiger partial charge on any atom is -0.332 e. The van der Waals surface area contributed by atoms with E-state index in [1.807, 2.05) is 29.2 Å². The average molecular weight is 326 g/mol. The van der Waals surface area contributed by atoms with E-state index in [1.165, 1.54) is 6.07 Å². The SMILES string of the molecule is Cc1ccc(NC(=S)N2CCn3c2nc2ccccc23)cc1F. The van der Waals surface area contributed by atoms with Crippen LogP contribution in [0.2, 0.25) is 0 Å². The summed E-state index contributed by atoms with van der Waals surface area (Å²) in [7, 11) is 0. The monoisotopic (exact) mass is 326 g/mol. The summed E-state index contributed by atoms with van der Waals surface area (Å²) >= 11 is 5.49. The summed E-state index contributed by atoms with van der Waals surface area (Å²) in [5.41, 5.74) is 3.32. The first-order valence-corrected chi connectivity index (χ1v) is 7.84. The molecule has 0 amide bonds. The number of fused-ring (bicyclic) bond motifs is 3. The van der Waals surface area contributed by atoms with Gasteiger partial charge in [0.05, 0.1) is 11.0 Å². The van der Waals surface area contributed by atoms with E-state index in [2.05, 4.69) is 20.9 Å². The molecular formula is C17H15FN4S. The lowest BCUT2D eigenvalue weighted by atomic mass is 10.2. The zero-order valence-electron chi connectivity index (χ0n) is 12.6. The fraction of sp³-hybridized carbons (Fsp3) is 0.176. The van der Waals surface area contributed by atoms with Gasteiger partial charge in [-0.25, -0.2) is 9.37 Å². The Morgan fingerprint density at radius 1 is 1.22 bits per heavy atom. The Labute approximate surface area is 138 Å². The first-order chi connectivity index (χ1) is 11.1. The lowest BCUT2D eigenvalue weighted by molar-refractivity contribution is 0.619. The van der Waals surface area contributed by atoms with Crippen LogP contribution in [-0.4, -0.2) is 21.2 Å². The lowest BCUT2D eigenvalue weighted by Gasteiger charge is -2.18. The molecule has 23 heavy (non-hydrogen) atoms. The molecular weight excluding hydrogens is 311 g/mol. The predicted octanol–water partition coefficient (Wildman–Crippen LogP) is 3.70. The van der Waals surface area contributed by atoms with E-state index in [1.54, 1.807) is 13.0 Å². The van der Waals surface area contributed by atoms with Gasteiger partial charge in [0, 0.05) is 18.8 Å². The highest BCUT2D eigenvalue weighted by atomic mass is 32.1.